The standard InChI is InChI=1S/C9H9N3OS/c1-5-12-7-3-6(8(13)10-2)4-11-9(7)14-5/h3-4H,1-2H3,(H,10,13). The van der Waals surface area contributed by atoms with Crippen LogP contribution in [-0.4, -0.2) is 22.9 Å². The highest BCUT2D eigenvalue weighted by Crippen LogP contribution is 2.19. The smallest absolute Gasteiger partial charge is 0.252 e. The van der Waals surface area contributed by atoms with Gasteiger partial charge in [0.15, 0.2) is 0 Å². The van der Waals surface area contributed by atoms with Crippen LogP contribution >= 0.6 is 11.3 Å². The number of hydrogen-bond acceptors (Lipinski definition) is 4. The minimum atomic E-state index is -0.134. The monoisotopic (exact) mass is 207 g/mol. The van der Waals surface area contributed by atoms with Gasteiger partial charge >= 0.3 is 0 Å². The van der Waals surface area contributed by atoms with Gasteiger partial charge in [-0.1, -0.05) is 11.3 Å². The van der Waals surface area contributed by atoms with Gasteiger partial charge in [-0.2, -0.15) is 0 Å². The van der Waals surface area contributed by atoms with E-state index < -0.39 is 0 Å². The summed E-state index contributed by atoms with van der Waals surface area (Å²) in [6.45, 7) is 1.92. The number of fused-ring (bicyclic) bond motifs is 1. The molecule has 14 heavy (non-hydrogen) atoms. The highest BCUT2D eigenvalue weighted by Gasteiger charge is 2.07. The molecule has 0 fully saturated rings. The van der Waals surface area contributed by atoms with Crippen LogP contribution in [0.3, 0.4) is 0 Å². The molecule has 2 aromatic rings. The zero-order chi connectivity index (χ0) is 10.1. The fourth-order valence-electron chi connectivity index (χ4n) is 1.20. The molecule has 0 atom stereocenters. The summed E-state index contributed by atoms with van der Waals surface area (Å²) in [5, 5.41) is 3.51. The molecule has 0 radical (unpaired) electrons. The van der Waals surface area contributed by atoms with Gasteiger partial charge in [0.2, 0.25) is 0 Å². The lowest BCUT2D eigenvalue weighted by Gasteiger charge is -1.97. The first kappa shape index (κ1) is 9.08. The van der Waals surface area contributed by atoms with Crippen molar-refractivity contribution in [1.82, 2.24) is 15.3 Å². The Kier molecular flexibility index (Phi) is 2.17. The van der Waals surface area contributed by atoms with Crippen LogP contribution in [0.25, 0.3) is 10.3 Å². The SMILES string of the molecule is CNC(=O)c1cnc2sc(C)nc2c1. The third-order valence-corrected chi connectivity index (χ3v) is 2.74. The molecule has 0 bridgehead atoms. The number of nitrogens with one attached hydrogen (secondary N) is 1. The van der Waals surface area contributed by atoms with E-state index in [1.165, 1.54) is 11.3 Å². The van der Waals surface area contributed by atoms with E-state index in [4.69, 9.17) is 0 Å². The van der Waals surface area contributed by atoms with Crippen molar-refractivity contribution >= 4 is 27.6 Å². The summed E-state index contributed by atoms with van der Waals surface area (Å²) in [7, 11) is 1.60. The maximum absolute atomic E-state index is 11.3. The minimum absolute atomic E-state index is 0.134. The second-order valence-corrected chi connectivity index (χ2v) is 4.04. The molecule has 1 amide bonds. The lowest BCUT2D eigenvalue weighted by atomic mass is 10.2. The third-order valence-electron chi connectivity index (χ3n) is 1.84. The number of amides is 1. The number of aryl methyl sites for hydroxylation is 1. The summed E-state index contributed by atoms with van der Waals surface area (Å²) in [6.07, 6.45) is 1.57. The molecule has 2 rings (SSSR count). The van der Waals surface area contributed by atoms with Crippen LogP contribution < -0.4 is 5.32 Å². The zero-order valence-electron chi connectivity index (χ0n) is 7.87. The molecule has 0 saturated heterocycles. The zero-order valence-corrected chi connectivity index (χ0v) is 8.68. The Labute approximate surface area is 85.0 Å². The maximum atomic E-state index is 11.3. The molecule has 5 heteroatoms. The van der Waals surface area contributed by atoms with Gasteiger partial charge in [-0.15, -0.1) is 0 Å². The van der Waals surface area contributed by atoms with Gasteiger partial charge in [0.25, 0.3) is 5.91 Å². The van der Waals surface area contributed by atoms with E-state index in [2.05, 4.69) is 15.3 Å². The van der Waals surface area contributed by atoms with Gasteiger partial charge in [-0.3, -0.25) is 4.79 Å². The number of carbonyl (C=O) groups excluding carboxylic acids is 1. The Morgan fingerprint density at radius 2 is 2.36 bits per heavy atom. The molecule has 4 nitrogen and oxygen atoms in total. The molecule has 0 saturated carbocycles. The number of carbonyl (C=O) groups is 1. The molecule has 0 aliphatic heterocycles. The van der Waals surface area contributed by atoms with Crippen LogP contribution in [0.4, 0.5) is 0 Å². The first-order valence-electron chi connectivity index (χ1n) is 4.16. The van der Waals surface area contributed by atoms with Crippen molar-refractivity contribution in [2.24, 2.45) is 0 Å². The second kappa shape index (κ2) is 3.34. The van der Waals surface area contributed by atoms with Crippen LogP contribution in [0, 0.1) is 6.92 Å². The first-order chi connectivity index (χ1) is 6.70. The molecule has 0 aliphatic carbocycles. The lowest BCUT2D eigenvalue weighted by molar-refractivity contribution is 0.0963. The van der Waals surface area contributed by atoms with Crippen molar-refractivity contribution in [1.29, 1.82) is 0 Å². The normalized spacial score (nSPS) is 10.4. The lowest BCUT2D eigenvalue weighted by Crippen LogP contribution is -2.17. The first-order valence-corrected chi connectivity index (χ1v) is 4.97. The maximum Gasteiger partial charge on any atom is 0.252 e. The Morgan fingerprint density at radius 3 is 3.07 bits per heavy atom. The average Bonchev–Trinajstić information content (AvgIpc) is 2.55. The third kappa shape index (κ3) is 1.46. The molecular formula is C9H9N3OS. The van der Waals surface area contributed by atoms with E-state index in [-0.39, 0.29) is 5.91 Å². The topological polar surface area (TPSA) is 54.9 Å². The van der Waals surface area contributed by atoms with Gasteiger partial charge in [0, 0.05) is 13.2 Å². The van der Waals surface area contributed by atoms with Crippen molar-refractivity contribution in [2.75, 3.05) is 7.05 Å². The van der Waals surface area contributed by atoms with Crippen molar-refractivity contribution in [3.05, 3.63) is 22.8 Å². The van der Waals surface area contributed by atoms with E-state index in [0.717, 1.165) is 15.4 Å². The van der Waals surface area contributed by atoms with Gasteiger partial charge in [0.05, 0.1) is 10.6 Å². The fourth-order valence-corrected chi connectivity index (χ4v) is 1.94. The summed E-state index contributed by atoms with van der Waals surface area (Å²) in [4.78, 5) is 20.6. The molecule has 0 unspecified atom stereocenters. The van der Waals surface area contributed by atoms with E-state index in [1.54, 1.807) is 19.3 Å². The summed E-state index contributed by atoms with van der Waals surface area (Å²) >= 11 is 1.53. The number of hydrogen-bond donors (Lipinski definition) is 1. The molecule has 0 aromatic carbocycles. The summed E-state index contributed by atoms with van der Waals surface area (Å²) in [5.74, 6) is -0.134. The molecule has 1 N–H and O–H groups in total. The van der Waals surface area contributed by atoms with Crippen LogP contribution in [0.1, 0.15) is 15.4 Å². The van der Waals surface area contributed by atoms with Crippen molar-refractivity contribution in [3.8, 4) is 0 Å². The largest absolute Gasteiger partial charge is 0.355 e. The fraction of sp³-hybridized carbons (Fsp3) is 0.222. The number of thiazole rings is 1. The molecule has 0 spiro atoms. The van der Waals surface area contributed by atoms with Gasteiger partial charge in [0.1, 0.15) is 10.3 Å². The summed E-state index contributed by atoms with van der Waals surface area (Å²) < 4.78 is 0. The minimum Gasteiger partial charge on any atom is -0.355 e. The predicted molar refractivity (Wildman–Crippen MR) is 55.5 cm³/mol. The number of pyridine rings is 1. The number of aromatic nitrogens is 2. The van der Waals surface area contributed by atoms with Crippen molar-refractivity contribution < 1.29 is 4.79 Å². The predicted octanol–water partition coefficient (Wildman–Crippen LogP) is 1.36. The molecule has 2 aromatic heterocycles. The van der Waals surface area contributed by atoms with Gasteiger partial charge < -0.3 is 5.32 Å². The van der Waals surface area contributed by atoms with E-state index >= 15 is 0 Å². The van der Waals surface area contributed by atoms with Gasteiger partial charge in [-0.25, -0.2) is 9.97 Å². The van der Waals surface area contributed by atoms with Crippen molar-refractivity contribution in [3.63, 3.8) is 0 Å². The molecule has 0 aliphatic rings. The summed E-state index contributed by atoms with van der Waals surface area (Å²) in [5.41, 5.74) is 1.33. The van der Waals surface area contributed by atoms with E-state index in [9.17, 15) is 4.79 Å². The highest BCUT2D eigenvalue weighted by molar-refractivity contribution is 7.18. The van der Waals surface area contributed by atoms with E-state index in [1.807, 2.05) is 6.92 Å². The Bertz CT molecular complexity index is 492. The quantitative estimate of drug-likeness (QED) is 0.768. The highest BCUT2D eigenvalue weighted by atomic mass is 32.1. The molecule has 72 valence electrons. The van der Waals surface area contributed by atoms with Crippen LogP contribution in [-0.2, 0) is 0 Å². The molecular weight excluding hydrogens is 198 g/mol. The van der Waals surface area contributed by atoms with Crippen molar-refractivity contribution in [2.45, 2.75) is 6.92 Å². The number of nitrogens with zero attached hydrogens (tertiary/aromatic N) is 2. The average molecular weight is 207 g/mol. The second-order valence-electron chi connectivity index (χ2n) is 2.86. The van der Waals surface area contributed by atoms with Crippen LogP contribution in [0.5, 0.6) is 0 Å². The van der Waals surface area contributed by atoms with Crippen LogP contribution in [0.2, 0.25) is 0 Å². The van der Waals surface area contributed by atoms with Crippen LogP contribution in [0.15, 0.2) is 12.3 Å². The Hall–Kier alpha value is -1.49. The Balaban J connectivity index is 2.55. The molecule has 2 heterocycles. The van der Waals surface area contributed by atoms with Gasteiger partial charge in [-0.05, 0) is 13.0 Å². The Morgan fingerprint density at radius 1 is 1.57 bits per heavy atom. The van der Waals surface area contributed by atoms with E-state index in [0.29, 0.717) is 5.56 Å². The summed E-state index contributed by atoms with van der Waals surface area (Å²) in [6, 6.07) is 1.75. The number of rotatable bonds is 1.